The van der Waals surface area contributed by atoms with E-state index in [9.17, 15) is 0 Å². The van der Waals surface area contributed by atoms with Crippen molar-refractivity contribution in [1.82, 2.24) is 0 Å². The summed E-state index contributed by atoms with van der Waals surface area (Å²) in [5.74, 6) is 0. The molecule has 0 saturated heterocycles. The minimum absolute atomic E-state index is 0.0283. The number of aryl methyl sites for hydroxylation is 1. The predicted molar refractivity (Wildman–Crippen MR) is 54.3 cm³/mol. The van der Waals surface area contributed by atoms with E-state index < -0.39 is 0 Å². The van der Waals surface area contributed by atoms with Crippen LogP contribution < -0.4 is 11.5 Å². The van der Waals surface area contributed by atoms with E-state index >= 15 is 0 Å². The quantitative estimate of drug-likeness (QED) is 0.747. The van der Waals surface area contributed by atoms with Crippen molar-refractivity contribution in [2.24, 2.45) is 11.5 Å². The van der Waals surface area contributed by atoms with Crippen molar-refractivity contribution in [3.05, 3.63) is 21.9 Å². The number of nitrogens with two attached hydrogens (primary N) is 2. The Labute approximate surface area is 77.6 Å². The Morgan fingerprint density at radius 2 is 2.25 bits per heavy atom. The van der Waals surface area contributed by atoms with E-state index in [2.05, 4.69) is 19.1 Å². The highest BCUT2D eigenvalue weighted by molar-refractivity contribution is 7.12. The molecule has 1 aromatic heterocycles. The van der Waals surface area contributed by atoms with Gasteiger partial charge in [0.25, 0.3) is 0 Å². The summed E-state index contributed by atoms with van der Waals surface area (Å²) >= 11 is 1.79. The lowest BCUT2D eigenvalue weighted by Gasteiger charge is -2.03. The van der Waals surface area contributed by atoms with Gasteiger partial charge in [0.15, 0.2) is 0 Å². The minimum atomic E-state index is 0.0283. The molecule has 0 aliphatic heterocycles. The molecule has 68 valence electrons. The third-order valence-corrected chi connectivity index (χ3v) is 3.08. The molecule has 0 unspecified atom stereocenters. The van der Waals surface area contributed by atoms with Gasteiger partial charge in [0, 0.05) is 16.3 Å². The van der Waals surface area contributed by atoms with E-state index in [-0.39, 0.29) is 6.04 Å². The molecule has 1 heterocycles. The summed E-state index contributed by atoms with van der Waals surface area (Å²) in [7, 11) is 0. The van der Waals surface area contributed by atoms with Crippen LogP contribution in [0.1, 0.15) is 29.1 Å². The van der Waals surface area contributed by atoms with Gasteiger partial charge in [-0.1, -0.05) is 13.3 Å². The third kappa shape index (κ3) is 2.30. The van der Waals surface area contributed by atoms with Gasteiger partial charge in [0.1, 0.15) is 0 Å². The standard InChI is InChI=1S/C9H16N2S/c1-2-3-7-4-5-9(12-7)8(11)6-10/h4-5,8H,2-3,6,10-11H2,1H3/t8-/m1/s1. The highest BCUT2D eigenvalue weighted by Gasteiger charge is 2.05. The zero-order valence-electron chi connectivity index (χ0n) is 7.42. The zero-order chi connectivity index (χ0) is 8.97. The van der Waals surface area contributed by atoms with Crippen molar-refractivity contribution in [3.8, 4) is 0 Å². The van der Waals surface area contributed by atoms with E-state index in [1.165, 1.54) is 16.2 Å². The van der Waals surface area contributed by atoms with Crippen molar-refractivity contribution in [1.29, 1.82) is 0 Å². The first-order valence-corrected chi connectivity index (χ1v) is 5.13. The molecule has 0 radical (unpaired) electrons. The van der Waals surface area contributed by atoms with Crippen molar-refractivity contribution in [3.63, 3.8) is 0 Å². The monoisotopic (exact) mass is 184 g/mol. The van der Waals surface area contributed by atoms with Crippen LogP contribution in [0.3, 0.4) is 0 Å². The number of thiophene rings is 1. The molecule has 1 rings (SSSR count). The van der Waals surface area contributed by atoms with Crippen LogP contribution in [0.5, 0.6) is 0 Å². The van der Waals surface area contributed by atoms with E-state index in [1.807, 2.05) is 0 Å². The average Bonchev–Trinajstić information content (AvgIpc) is 2.52. The van der Waals surface area contributed by atoms with Crippen molar-refractivity contribution >= 4 is 11.3 Å². The number of hydrogen-bond donors (Lipinski definition) is 2. The molecule has 0 spiro atoms. The van der Waals surface area contributed by atoms with Crippen LogP contribution >= 0.6 is 11.3 Å². The summed E-state index contributed by atoms with van der Waals surface area (Å²) in [4.78, 5) is 2.62. The lowest BCUT2D eigenvalue weighted by atomic mass is 10.2. The fourth-order valence-electron chi connectivity index (χ4n) is 1.09. The van der Waals surface area contributed by atoms with E-state index in [4.69, 9.17) is 11.5 Å². The van der Waals surface area contributed by atoms with Crippen LogP contribution in [0.25, 0.3) is 0 Å². The largest absolute Gasteiger partial charge is 0.329 e. The van der Waals surface area contributed by atoms with E-state index in [0.29, 0.717) is 6.54 Å². The van der Waals surface area contributed by atoms with Gasteiger partial charge in [-0.25, -0.2) is 0 Å². The molecule has 0 fully saturated rings. The molecule has 12 heavy (non-hydrogen) atoms. The molecule has 1 aromatic rings. The van der Waals surface area contributed by atoms with Crippen LogP contribution in [0.15, 0.2) is 12.1 Å². The van der Waals surface area contributed by atoms with Gasteiger partial charge in [-0.3, -0.25) is 0 Å². The Morgan fingerprint density at radius 3 is 2.83 bits per heavy atom. The maximum atomic E-state index is 5.79. The summed E-state index contributed by atoms with van der Waals surface area (Å²) < 4.78 is 0. The number of hydrogen-bond acceptors (Lipinski definition) is 3. The van der Waals surface area contributed by atoms with Gasteiger partial charge in [-0.15, -0.1) is 11.3 Å². The Hall–Kier alpha value is -0.380. The van der Waals surface area contributed by atoms with Crippen LogP contribution in [0.4, 0.5) is 0 Å². The van der Waals surface area contributed by atoms with Crippen molar-refractivity contribution in [2.45, 2.75) is 25.8 Å². The van der Waals surface area contributed by atoms with Gasteiger partial charge in [-0.2, -0.15) is 0 Å². The van der Waals surface area contributed by atoms with Crippen molar-refractivity contribution < 1.29 is 0 Å². The Morgan fingerprint density at radius 1 is 1.50 bits per heavy atom. The minimum Gasteiger partial charge on any atom is -0.329 e. The molecule has 0 aliphatic carbocycles. The summed E-state index contributed by atoms with van der Waals surface area (Å²) in [6, 6.07) is 4.27. The molecule has 3 heteroatoms. The predicted octanol–water partition coefficient (Wildman–Crippen LogP) is 1.66. The molecule has 0 saturated carbocycles. The first-order chi connectivity index (χ1) is 5.77. The first kappa shape index (κ1) is 9.71. The normalized spacial score (nSPS) is 13.2. The molecule has 0 bridgehead atoms. The van der Waals surface area contributed by atoms with Crippen LogP contribution in [-0.2, 0) is 6.42 Å². The molecule has 0 aliphatic rings. The van der Waals surface area contributed by atoms with E-state index in [0.717, 1.165) is 6.42 Å². The van der Waals surface area contributed by atoms with Crippen LogP contribution in [0, 0.1) is 0 Å². The molecule has 1 atom stereocenters. The fraction of sp³-hybridized carbons (Fsp3) is 0.556. The van der Waals surface area contributed by atoms with E-state index in [1.54, 1.807) is 11.3 Å². The highest BCUT2D eigenvalue weighted by atomic mass is 32.1. The Kier molecular flexibility index (Phi) is 3.72. The molecule has 2 nitrogen and oxygen atoms in total. The Balaban J connectivity index is 2.63. The SMILES string of the molecule is CCCc1ccc([C@H](N)CN)s1. The summed E-state index contributed by atoms with van der Waals surface area (Å²) in [6.45, 7) is 2.72. The number of rotatable bonds is 4. The van der Waals surface area contributed by atoms with Crippen molar-refractivity contribution in [2.75, 3.05) is 6.54 Å². The average molecular weight is 184 g/mol. The topological polar surface area (TPSA) is 52.0 Å². The fourth-order valence-corrected chi connectivity index (χ4v) is 2.22. The smallest absolute Gasteiger partial charge is 0.0514 e. The third-order valence-electron chi connectivity index (χ3n) is 1.80. The van der Waals surface area contributed by atoms with Crippen LogP contribution in [-0.4, -0.2) is 6.54 Å². The lowest BCUT2D eigenvalue weighted by Crippen LogP contribution is -2.19. The van der Waals surface area contributed by atoms with Gasteiger partial charge in [0.2, 0.25) is 0 Å². The maximum absolute atomic E-state index is 5.79. The Bertz CT molecular complexity index is 232. The molecule has 0 aromatic carbocycles. The first-order valence-electron chi connectivity index (χ1n) is 4.32. The second-order valence-electron chi connectivity index (χ2n) is 2.90. The molecular weight excluding hydrogens is 168 g/mol. The van der Waals surface area contributed by atoms with Gasteiger partial charge >= 0.3 is 0 Å². The summed E-state index contributed by atoms with van der Waals surface area (Å²) in [5, 5.41) is 0. The summed E-state index contributed by atoms with van der Waals surface area (Å²) in [5.41, 5.74) is 11.3. The van der Waals surface area contributed by atoms with Crippen LogP contribution in [0.2, 0.25) is 0 Å². The van der Waals surface area contributed by atoms with Gasteiger partial charge < -0.3 is 11.5 Å². The maximum Gasteiger partial charge on any atom is 0.0514 e. The molecule has 4 N–H and O–H groups in total. The van der Waals surface area contributed by atoms with Gasteiger partial charge in [-0.05, 0) is 18.6 Å². The zero-order valence-corrected chi connectivity index (χ0v) is 8.23. The lowest BCUT2D eigenvalue weighted by molar-refractivity contribution is 0.752. The van der Waals surface area contributed by atoms with Gasteiger partial charge in [0.05, 0.1) is 6.04 Å². The summed E-state index contributed by atoms with van der Waals surface area (Å²) in [6.07, 6.45) is 2.35. The highest BCUT2D eigenvalue weighted by Crippen LogP contribution is 2.22. The second-order valence-corrected chi connectivity index (χ2v) is 4.10. The second kappa shape index (κ2) is 4.60. The molecule has 0 amide bonds. The molecular formula is C9H16N2S.